The van der Waals surface area contributed by atoms with Gasteiger partial charge in [0.15, 0.2) is 12.4 Å². The van der Waals surface area contributed by atoms with Crippen LogP contribution < -0.4 is 15.4 Å². The number of hydrogen-bond acceptors (Lipinski definition) is 11. The number of anilines is 1. The lowest BCUT2D eigenvalue weighted by Gasteiger charge is -2.47. The number of morpholine rings is 1. The highest BCUT2D eigenvalue weighted by Crippen LogP contribution is 2.39. The van der Waals surface area contributed by atoms with Crippen molar-refractivity contribution in [3.8, 4) is 11.5 Å². The molecule has 15 heteroatoms. The molecule has 62 heavy (non-hydrogen) atoms. The second kappa shape index (κ2) is 21.0. The van der Waals surface area contributed by atoms with E-state index in [0.29, 0.717) is 87.0 Å². The highest BCUT2D eigenvalue weighted by Gasteiger charge is 2.41. The largest absolute Gasteiger partial charge is 0.506 e. The van der Waals surface area contributed by atoms with Gasteiger partial charge in [0.05, 0.1) is 49.4 Å². The van der Waals surface area contributed by atoms with E-state index >= 15 is 4.39 Å². The average Bonchev–Trinajstić information content (AvgIpc) is 3.79. The van der Waals surface area contributed by atoms with Crippen molar-refractivity contribution in [1.29, 1.82) is 0 Å². The minimum Gasteiger partial charge on any atom is -0.506 e. The SMILES string of the molecule is CC(C)c1nc(C(=O)N2CCOC3(CCN(Cc4cccc(CCOCCC(=O)N(CCNCCc5ccc(O)c6c5OCC(=O)N6)[C@H](C)c5ccccc5)c4F)CC3)C2)cs1. The van der Waals surface area contributed by atoms with Gasteiger partial charge in [-0.2, -0.15) is 0 Å². The Bertz CT molecular complexity index is 2160. The Morgan fingerprint density at radius 3 is 2.56 bits per heavy atom. The van der Waals surface area contributed by atoms with Gasteiger partial charge in [-0.05, 0) is 61.9 Å². The number of amides is 3. The number of phenols is 1. The summed E-state index contributed by atoms with van der Waals surface area (Å²) in [4.78, 5) is 49.3. The van der Waals surface area contributed by atoms with Gasteiger partial charge in [-0.3, -0.25) is 19.3 Å². The number of halogens is 1. The average molecular weight is 871 g/mol. The third kappa shape index (κ3) is 11.2. The molecule has 3 aromatic carbocycles. The summed E-state index contributed by atoms with van der Waals surface area (Å²) in [6, 6.07) is 18.6. The van der Waals surface area contributed by atoms with Crippen molar-refractivity contribution in [2.24, 2.45) is 0 Å². The number of rotatable bonds is 18. The maximum absolute atomic E-state index is 15.8. The number of piperidine rings is 1. The molecular formula is C47H59FN6O7S. The normalized spacial score (nSPS) is 16.8. The predicted molar refractivity (Wildman–Crippen MR) is 236 cm³/mol. The number of carbonyl (C=O) groups excluding carboxylic acids is 3. The number of nitrogens with zero attached hydrogens (tertiary/aromatic N) is 4. The zero-order valence-electron chi connectivity index (χ0n) is 36.0. The zero-order valence-corrected chi connectivity index (χ0v) is 36.8. The highest BCUT2D eigenvalue weighted by atomic mass is 32.1. The van der Waals surface area contributed by atoms with E-state index in [9.17, 15) is 19.5 Å². The third-order valence-corrected chi connectivity index (χ3v) is 13.2. The van der Waals surface area contributed by atoms with Crippen LogP contribution in [0.15, 0.2) is 66.0 Å². The first-order valence-corrected chi connectivity index (χ1v) is 22.7. The van der Waals surface area contributed by atoms with Crippen molar-refractivity contribution < 1.29 is 38.1 Å². The summed E-state index contributed by atoms with van der Waals surface area (Å²) >= 11 is 1.53. The van der Waals surface area contributed by atoms with E-state index in [1.165, 1.54) is 11.3 Å². The van der Waals surface area contributed by atoms with E-state index in [1.807, 2.05) is 64.6 Å². The minimum absolute atomic E-state index is 0.0333. The fraction of sp³-hybridized carbons (Fsp3) is 0.489. The molecule has 2 fully saturated rings. The van der Waals surface area contributed by atoms with Gasteiger partial charge in [-0.25, -0.2) is 9.37 Å². The maximum atomic E-state index is 15.8. The highest BCUT2D eigenvalue weighted by molar-refractivity contribution is 7.09. The predicted octanol–water partition coefficient (Wildman–Crippen LogP) is 6.32. The van der Waals surface area contributed by atoms with Gasteiger partial charge in [0.2, 0.25) is 5.91 Å². The number of thiazole rings is 1. The number of benzene rings is 3. The summed E-state index contributed by atoms with van der Waals surface area (Å²) in [6.07, 6.45) is 2.71. The molecule has 0 radical (unpaired) electrons. The number of aromatic nitrogens is 1. The summed E-state index contributed by atoms with van der Waals surface area (Å²) in [5, 5.41) is 19.1. The van der Waals surface area contributed by atoms with Crippen LogP contribution >= 0.6 is 11.3 Å². The molecule has 2 saturated heterocycles. The molecular weight excluding hydrogens is 812 g/mol. The summed E-state index contributed by atoms with van der Waals surface area (Å²) in [6.45, 7) is 11.8. The Kier molecular flexibility index (Phi) is 15.2. The second-order valence-corrected chi connectivity index (χ2v) is 17.6. The molecule has 1 spiro atoms. The van der Waals surface area contributed by atoms with Gasteiger partial charge >= 0.3 is 0 Å². The van der Waals surface area contributed by atoms with Crippen molar-refractivity contribution in [3.05, 3.63) is 105 Å². The third-order valence-electron chi connectivity index (χ3n) is 12.1. The lowest BCUT2D eigenvalue weighted by Crippen LogP contribution is -2.58. The number of nitrogens with one attached hydrogen (secondary N) is 2. The van der Waals surface area contributed by atoms with Gasteiger partial charge < -0.3 is 39.8 Å². The van der Waals surface area contributed by atoms with Crippen LogP contribution in [0.4, 0.5) is 10.1 Å². The molecule has 3 N–H and O–H groups in total. The summed E-state index contributed by atoms with van der Waals surface area (Å²) in [5.74, 6) is 0.127. The van der Waals surface area contributed by atoms with E-state index in [4.69, 9.17) is 14.2 Å². The molecule has 0 aliphatic carbocycles. The molecule has 1 atom stereocenters. The van der Waals surface area contributed by atoms with Gasteiger partial charge in [-0.1, -0.05) is 68.4 Å². The smallest absolute Gasteiger partial charge is 0.273 e. The number of hydrogen-bond donors (Lipinski definition) is 3. The molecule has 3 aliphatic rings. The first-order valence-electron chi connectivity index (χ1n) is 21.8. The summed E-state index contributed by atoms with van der Waals surface area (Å²) in [5.41, 5.74) is 3.53. The van der Waals surface area contributed by atoms with Crippen LogP contribution in [0.5, 0.6) is 11.5 Å². The number of phenolic OH excluding ortho intramolecular Hbond substituents is 1. The quantitative estimate of drug-likeness (QED) is 0.0768. The van der Waals surface area contributed by atoms with Crippen LogP contribution in [0, 0.1) is 5.82 Å². The molecule has 4 heterocycles. The Labute approximate surface area is 367 Å². The van der Waals surface area contributed by atoms with Crippen molar-refractivity contribution in [3.63, 3.8) is 0 Å². The fourth-order valence-electron chi connectivity index (χ4n) is 8.43. The first kappa shape index (κ1) is 45.1. The van der Waals surface area contributed by atoms with E-state index in [0.717, 1.165) is 42.1 Å². The van der Waals surface area contributed by atoms with E-state index < -0.39 is 5.60 Å². The van der Waals surface area contributed by atoms with Gasteiger partial charge in [0.1, 0.15) is 22.9 Å². The molecule has 0 saturated carbocycles. The second-order valence-electron chi connectivity index (χ2n) is 16.7. The van der Waals surface area contributed by atoms with Crippen LogP contribution in [0.25, 0.3) is 0 Å². The number of likely N-dealkylation sites (tertiary alicyclic amines) is 1. The Morgan fingerprint density at radius 2 is 1.79 bits per heavy atom. The number of aromatic hydroxyl groups is 1. The van der Waals surface area contributed by atoms with Gasteiger partial charge in [0.25, 0.3) is 11.8 Å². The van der Waals surface area contributed by atoms with E-state index in [-0.39, 0.29) is 67.5 Å². The van der Waals surface area contributed by atoms with Crippen LogP contribution in [0.1, 0.15) is 89.7 Å². The van der Waals surface area contributed by atoms with Gasteiger partial charge in [0, 0.05) is 56.1 Å². The molecule has 4 aromatic rings. The summed E-state index contributed by atoms with van der Waals surface area (Å²) in [7, 11) is 0. The number of fused-ring (bicyclic) bond motifs is 1. The van der Waals surface area contributed by atoms with Crippen LogP contribution in [0.2, 0.25) is 0 Å². The lowest BCUT2D eigenvalue weighted by atomic mass is 9.89. The molecule has 1 aromatic heterocycles. The molecule has 332 valence electrons. The Hall–Kier alpha value is -4.93. The van der Waals surface area contributed by atoms with Crippen molar-refractivity contribution in [1.82, 2.24) is 25.0 Å². The molecule has 0 bridgehead atoms. The first-order chi connectivity index (χ1) is 30.0. The van der Waals surface area contributed by atoms with E-state index in [1.54, 1.807) is 18.2 Å². The van der Waals surface area contributed by atoms with E-state index in [2.05, 4.69) is 34.4 Å². The number of ether oxygens (including phenoxy) is 3. The minimum atomic E-state index is -0.400. The summed E-state index contributed by atoms with van der Waals surface area (Å²) < 4.78 is 33.7. The Morgan fingerprint density at radius 1 is 1.00 bits per heavy atom. The molecule has 13 nitrogen and oxygen atoms in total. The molecule has 3 amide bonds. The van der Waals surface area contributed by atoms with Crippen LogP contribution in [-0.2, 0) is 38.4 Å². The van der Waals surface area contributed by atoms with Crippen molar-refractivity contribution >= 4 is 34.7 Å². The standard InChI is InChI=1S/C47H59FN6O7S/c1-32(2)45-50-38(30-62-45)46(58)53-24-27-61-47(31-53)17-21-52(22-18-47)28-37-11-7-10-35(42(37)48)15-25-59-26-16-41(57)54(33(3)34-8-5-4-6-9-34)23-20-49-19-14-36-12-13-39(55)43-44(36)60-29-40(56)51-43/h4-13,30,32-33,49,55H,14-29,31H2,1-3H3,(H,51,56)/t33-/m1/s1. The fourth-order valence-corrected chi connectivity index (χ4v) is 9.24. The van der Waals surface area contributed by atoms with Crippen molar-refractivity contribution in [2.45, 2.75) is 77.0 Å². The molecule has 0 unspecified atom stereocenters. The van der Waals surface area contributed by atoms with Crippen LogP contribution in [-0.4, -0.2) is 120 Å². The maximum Gasteiger partial charge on any atom is 0.273 e. The monoisotopic (exact) mass is 870 g/mol. The van der Waals surface area contributed by atoms with Crippen LogP contribution in [0.3, 0.4) is 0 Å². The topological polar surface area (TPSA) is 146 Å². The Balaban J connectivity index is 0.849. The molecule has 7 rings (SSSR count). The lowest BCUT2D eigenvalue weighted by molar-refractivity contribution is -0.134. The van der Waals surface area contributed by atoms with Gasteiger partial charge in [-0.15, -0.1) is 11.3 Å². The zero-order chi connectivity index (χ0) is 43.6. The van der Waals surface area contributed by atoms with Crippen molar-refractivity contribution in [2.75, 3.05) is 77.6 Å². The number of carbonyl (C=O) groups is 3. The molecule has 3 aliphatic heterocycles.